The molecule has 0 N–H and O–H groups in total. The summed E-state index contributed by atoms with van der Waals surface area (Å²) in [7, 11) is -3.72. The van der Waals surface area contributed by atoms with E-state index in [0.717, 1.165) is 37.7 Å². The van der Waals surface area contributed by atoms with Gasteiger partial charge in [-0.05, 0) is 44.7 Å². The van der Waals surface area contributed by atoms with Gasteiger partial charge < -0.3 is 4.74 Å². The Morgan fingerprint density at radius 2 is 1.84 bits per heavy atom. The van der Waals surface area contributed by atoms with Gasteiger partial charge in [0, 0.05) is 6.42 Å². The highest BCUT2D eigenvalue weighted by molar-refractivity contribution is 7.86. The third kappa shape index (κ3) is 4.23. The van der Waals surface area contributed by atoms with Crippen LogP contribution in [0.4, 0.5) is 0 Å². The Bertz CT molecular complexity index is 702. The Labute approximate surface area is 149 Å². The number of cyclic esters (lactones) is 1. The van der Waals surface area contributed by atoms with Crippen LogP contribution in [-0.2, 0) is 23.8 Å². The number of hydrogen-bond acceptors (Lipinski definition) is 5. The first kappa shape index (κ1) is 18.4. The van der Waals surface area contributed by atoms with Crippen molar-refractivity contribution in [2.24, 2.45) is 5.41 Å². The number of aryl methyl sites for hydroxylation is 1. The van der Waals surface area contributed by atoms with E-state index >= 15 is 0 Å². The minimum Gasteiger partial charge on any atom is -0.462 e. The average Bonchev–Trinajstić information content (AvgIpc) is 2.88. The molecule has 6 heteroatoms. The second-order valence-corrected chi connectivity index (χ2v) is 8.92. The van der Waals surface area contributed by atoms with Crippen LogP contribution in [0.25, 0.3) is 0 Å². The van der Waals surface area contributed by atoms with Crippen LogP contribution < -0.4 is 0 Å². The van der Waals surface area contributed by atoms with E-state index < -0.39 is 10.1 Å². The number of benzene rings is 1. The summed E-state index contributed by atoms with van der Waals surface area (Å²) in [5.41, 5.74) is 0.733. The highest BCUT2D eigenvalue weighted by atomic mass is 32.2. The van der Waals surface area contributed by atoms with Crippen molar-refractivity contribution in [2.45, 2.75) is 69.3 Å². The fraction of sp³-hybridized carbons (Fsp3) is 0.632. The summed E-state index contributed by atoms with van der Waals surface area (Å²) in [4.78, 5) is 12.4. The monoisotopic (exact) mass is 366 g/mol. The molecule has 1 atom stereocenters. The van der Waals surface area contributed by atoms with Gasteiger partial charge in [0.25, 0.3) is 10.1 Å². The van der Waals surface area contributed by atoms with E-state index in [1.165, 1.54) is 6.42 Å². The van der Waals surface area contributed by atoms with E-state index in [1.807, 2.05) is 6.92 Å². The molecule has 2 fully saturated rings. The SMILES string of the molecule is Cc1ccc(S(=O)(=O)OCCCC2CC3(CCCCC3)C(=O)O2)cc1. The molecule has 1 aliphatic carbocycles. The van der Waals surface area contributed by atoms with Gasteiger partial charge in [0.15, 0.2) is 0 Å². The molecule has 25 heavy (non-hydrogen) atoms. The molecule has 0 aromatic heterocycles. The molecule has 0 radical (unpaired) electrons. The summed E-state index contributed by atoms with van der Waals surface area (Å²) < 4.78 is 34.9. The van der Waals surface area contributed by atoms with Crippen LogP contribution in [0.3, 0.4) is 0 Å². The Balaban J connectivity index is 1.46. The Morgan fingerprint density at radius 3 is 2.52 bits per heavy atom. The summed E-state index contributed by atoms with van der Waals surface area (Å²) >= 11 is 0. The van der Waals surface area contributed by atoms with E-state index in [-0.39, 0.29) is 29.0 Å². The zero-order chi connectivity index (χ0) is 17.9. The number of rotatable bonds is 6. The predicted molar refractivity (Wildman–Crippen MR) is 93.6 cm³/mol. The third-order valence-electron chi connectivity index (χ3n) is 5.35. The van der Waals surface area contributed by atoms with Gasteiger partial charge in [0.05, 0.1) is 16.9 Å². The van der Waals surface area contributed by atoms with Gasteiger partial charge in [0.2, 0.25) is 0 Å². The number of carbonyl (C=O) groups is 1. The Morgan fingerprint density at radius 1 is 1.16 bits per heavy atom. The molecule has 1 aromatic rings. The van der Waals surface area contributed by atoms with Crippen molar-refractivity contribution >= 4 is 16.1 Å². The van der Waals surface area contributed by atoms with Gasteiger partial charge >= 0.3 is 5.97 Å². The fourth-order valence-corrected chi connectivity index (χ4v) is 4.83. The van der Waals surface area contributed by atoms with Crippen molar-refractivity contribution in [3.05, 3.63) is 29.8 Å². The normalized spacial score (nSPS) is 22.9. The third-order valence-corrected chi connectivity index (χ3v) is 6.68. The first-order valence-corrected chi connectivity index (χ1v) is 10.5. The molecule has 1 aromatic carbocycles. The summed E-state index contributed by atoms with van der Waals surface area (Å²) in [5, 5.41) is 0. The van der Waals surface area contributed by atoms with Crippen LogP contribution in [-0.4, -0.2) is 27.1 Å². The van der Waals surface area contributed by atoms with Gasteiger partial charge in [-0.3, -0.25) is 8.98 Å². The summed E-state index contributed by atoms with van der Waals surface area (Å²) in [6.45, 7) is 2.01. The number of ether oxygens (including phenoxy) is 1. The van der Waals surface area contributed by atoms with E-state index in [0.29, 0.717) is 12.8 Å². The van der Waals surface area contributed by atoms with Crippen LogP contribution in [0.2, 0.25) is 0 Å². The lowest BCUT2D eigenvalue weighted by Crippen LogP contribution is -2.28. The molecule has 1 spiro atoms. The van der Waals surface area contributed by atoms with Crippen molar-refractivity contribution in [2.75, 3.05) is 6.61 Å². The van der Waals surface area contributed by atoms with Crippen LogP contribution >= 0.6 is 0 Å². The summed E-state index contributed by atoms with van der Waals surface area (Å²) in [6.07, 6.45) is 7.13. The number of hydrogen-bond donors (Lipinski definition) is 0. The van der Waals surface area contributed by atoms with Crippen molar-refractivity contribution in [1.82, 2.24) is 0 Å². The highest BCUT2D eigenvalue weighted by Crippen LogP contribution is 2.46. The number of carbonyl (C=O) groups excluding carboxylic acids is 1. The van der Waals surface area contributed by atoms with Gasteiger partial charge in [-0.2, -0.15) is 8.42 Å². The van der Waals surface area contributed by atoms with Gasteiger partial charge in [-0.25, -0.2) is 0 Å². The van der Waals surface area contributed by atoms with Crippen LogP contribution in [0.5, 0.6) is 0 Å². The van der Waals surface area contributed by atoms with E-state index in [9.17, 15) is 13.2 Å². The van der Waals surface area contributed by atoms with E-state index in [4.69, 9.17) is 8.92 Å². The Kier molecular flexibility index (Phi) is 5.49. The molecule has 0 amide bonds. The van der Waals surface area contributed by atoms with Crippen LogP contribution in [0.1, 0.15) is 56.9 Å². The average molecular weight is 366 g/mol. The topological polar surface area (TPSA) is 69.7 Å². The standard InChI is InChI=1S/C19H26O5S/c1-15-7-9-17(10-8-15)25(21,22)23-13-5-6-16-14-19(18(20)24-16)11-3-2-4-12-19/h7-10,16H,2-6,11-14H2,1H3. The molecule has 1 aliphatic heterocycles. The molecule has 5 nitrogen and oxygen atoms in total. The van der Waals surface area contributed by atoms with E-state index in [1.54, 1.807) is 24.3 Å². The lowest BCUT2D eigenvalue weighted by atomic mass is 9.72. The van der Waals surface area contributed by atoms with Crippen LogP contribution in [0, 0.1) is 12.3 Å². The first-order chi connectivity index (χ1) is 11.9. The smallest absolute Gasteiger partial charge is 0.312 e. The Hall–Kier alpha value is -1.40. The van der Waals surface area contributed by atoms with Gasteiger partial charge in [0.1, 0.15) is 6.10 Å². The van der Waals surface area contributed by atoms with Crippen molar-refractivity contribution < 1.29 is 22.1 Å². The quantitative estimate of drug-likeness (QED) is 0.436. The minimum atomic E-state index is -3.72. The molecular weight excluding hydrogens is 340 g/mol. The second kappa shape index (κ2) is 7.46. The van der Waals surface area contributed by atoms with Crippen molar-refractivity contribution in [3.63, 3.8) is 0 Å². The lowest BCUT2D eigenvalue weighted by molar-refractivity contribution is -0.150. The first-order valence-electron chi connectivity index (χ1n) is 9.09. The molecule has 138 valence electrons. The minimum absolute atomic E-state index is 0.0506. The van der Waals surface area contributed by atoms with Gasteiger partial charge in [-0.15, -0.1) is 0 Å². The second-order valence-electron chi connectivity index (χ2n) is 7.30. The fourth-order valence-electron chi connectivity index (χ4n) is 3.89. The maximum absolute atomic E-state index is 12.2. The zero-order valence-electron chi connectivity index (χ0n) is 14.7. The molecule has 1 unspecified atom stereocenters. The molecule has 1 heterocycles. The predicted octanol–water partition coefficient (Wildman–Crippen LogP) is 3.75. The van der Waals surface area contributed by atoms with E-state index in [2.05, 4.69) is 0 Å². The van der Waals surface area contributed by atoms with Crippen molar-refractivity contribution in [3.8, 4) is 0 Å². The lowest BCUT2D eigenvalue weighted by Gasteiger charge is -2.28. The molecule has 3 rings (SSSR count). The zero-order valence-corrected chi connectivity index (χ0v) is 15.5. The molecule has 1 saturated heterocycles. The number of esters is 1. The van der Waals surface area contributed by atoms with Gasteiger partial charge in [-0.1, -0.05) is 37.0 Å². The maximum Gasteiger partial charge on any atom is 0.312 e. The van der Waals surface area contributed by atoms with Crippen molar-refractivity contribution in [1.29, 1.82) is 0 Å². The maximum atomic E-state index is 12.2. The highest BCUT2D eigenvalue weighted by Gasteiger charge is 2.48. The molecular formula is C19H26O5S. The molecule has 0 bridgehead atoms. The molecule has 1 saturated carbocycles. The largest absolute Gasteiger partial charge is 0.462 e. The molecule has 2 aliphatic rings. The summed E-state index contributed by atoms with van der Waals surface area (Å²) in [5.74, 6) is -0.0506. The summed E-state index contributed by atoms with van der Waals surface area (Å²) in [6, 6.07) is 6.60. The van der Waals surface area contributed by atoms with Crippen LogP contribution in [0.15, 0.2) is 29.2 Å².